The van der Waals surface area contributed by atoms with Crippen molar-refractivity contribution in [3.63, 3.8) is 0 Å². The number of carbonyl (C=O) groups is 1. The van der Waals surface area contributed by atoms with Crippen LogP contribution < -0.4 is 5.32 Å². The highest BCUT2D eigenvalue weighted by atomic mass is 19.4. The number of ether oxygens (including phenoxy) is 2. The summed E-state index contributed by atoms with van der Waals surface area (Å²) in [6.45, 7) is 0.0280. The molecular weight excluding hydrogens is 473 g/mol. The van der Waals surface area contributed by atoms with E-state index in [0.717, 1.165) is 18.2 Å². The molecular formula is C25H18F5NO4. The number of amides is 1. The fourth-order valence-electron chi connectivity index (χ4n) is 4.42. The van der Waals surface area contributed by atoms with Gasteiger partial charge in [0.1, 0.15) is 6.10 Å². The zero-order valence-corrected chi connectivity index (χ0v) is 17.9. The molecule has 2 aliphatic rings. The van der Waals surface area contributed by atoms with Crippen LogP contribution in [0.5, 0.6) is 0 Å². The lowest BCUT2D eigenvalue weighted by Crippen LogP contribution is -2.44. The second-order valence-corrected chi connectivity index (χ2v) is 8.28. The molecule has 1 amide bonds. The van der Waals surface area contributed by atoms with Gasteiger partial charge in [-0.05, 0) is 47.0 Å². The molecule has 1 fully saturated rings. The summed E-state index contributed by atoms with van der Waals surface area (Å²) in [6.07, 6.45) is -6.91. The molecule has 3 aromatic rings. The quantitative estimate of drug-likeness (QED) is 0.485. The molecule has 1 unspecified atom stereocenters. The summed E-state index contributed by atoms with van der Waals surface area (Å²) in [5.41, 5.74) is -0.504. The highest BCUT2D eigenvalue weighted by Crippen LogP contribution is 2.48. The Morgan fingerprint density at radius 1 is 1.03 bits per heavy atom. The zero-order chi connectivity index (χ0) is 25.0. The maximum atomic E-state index is 13.8. The summed E-state index contributed by atoms with van der Waals surface area (Å²) in [7, 11) is 0. The fourth-order valence-corrected chi connectivity index (χ4v) is 4.42. The third-order valence-electron chi connectivity index (χ3n) is 6.13. The fraction of sp³-hybridized carbons (Fsp3) is 0.240. The molecule has 1 spiro atoms. The van der Waals surface area contributed by atoms with Crippen molar-refractivity contribution in [2.24, 2.45) is 0 Å². The van der Waals surface area contributed by atoms with Gasteiger partial charge in [0.15, 0.2) is 11.6 Å². The van der Waals surface area contributed by atoms with Crippen molar-refractivity contribution in [3.05, 3.63) is 100 Å². The predicted molar refractivity (Wildman–Crippen MR) is 113 cm³/mol. The van der Waals surface area contributed by atoms with Crippen LogP contribution in [0.3, 0.4) is 0 Å². The van der Waals surface area contributed by atoms with Crippen molar-refractivity contribution < 1.29 is 41.3 Å². The van der Waals surface area contributed by atoms with Crippen LogP contribution in [0.25, 0.3) is 0 Å². The molecule has 2 heterocycles. The van der Waals surface area contributed by atoms with Gasteiger partial charge in [0.05, 0.1) is 24.0 Å². The number of rotatable bonds is 3. The Labute approximate surface area is 196 Å². The number of fused-ring (bicyclic) bond motifs is 2. The molecule has 10 heteroatoms. The van der Waals surface area contributed by atoms with Gasteiger partial charge in [0, 0.05) is 12.0 Å². The Hall–Kier alpha value is -3.34. The molecule has 5 rings (SSSR count). The van der Waals surface area contributed by atoms with Gasteiger partial charge in [0.25, 0.3) is 11.7 Å². The lowest BCUT2D eigenvalue weighted by Gasteiger charge is -2.37. The summed E-state index contributed by atoms with van der Waals surface area (Å²) in [6, 6.07) is 12.1. The summed E-state index contributed by atoms with van der Waals surface area (Å²) in [5.74, 6) is -4.75. The number of benzene rings is 3. The van der Waals surface area contributed by atoms with E-state index in [0.29, 0.717) is 11.3 Å². The van der Waals surface area contributed by atoms with Gasteiger partial charge in [-0.15, -0.1) is 0 Å². The lowest BCUT2D eigenvalue weighted by atomic mass is 9.93. The van der Waals surface area contributed by atoms with E-state index in [1.54, 1.807) is 0 Å². The van der Waals surface area contributed by atoms with Crippen LogP contribution in [0, 0.1) is 11.6 Å². The Bertz CT molecular complexity index is 1310. The van der Waals surface area contributed by atoms with E-state index < -0.39 is 47.3 Å². The first kappa shape index (κ1) is 23.4. The number of anilines is 1. The first-order valence-electron chi connectivity index (χ1n) is 10.7. The first-order chi connectivity index (χ1) is 16.6. The van der Waals surface area contributed by atoms with Crippen LogP contribution in [0.1, 0.15) is 46.4 Å². The van der Waals surface area contributed by atoms with E-state index in [1.807, 2.05) is 0 Å². The van der Waals surface area contributed by atoms with Crippen LogP contribution >= 0.6 is 0 Å². The molecule has 0 aromatic heterocycles. The minimum absolute atomic E-state index is 0.0280. The van der Waals surface area contributed by atoms with Gasteiger partial charge in [-0.2, -0.15) is 13.2 Å². The van der Waals surface area contributed by atoms with Gasteiger partial charge >= 0.3 is 6.18 Å². The van der Waals surface area contributed by atoms with E-state index >= 15 is 0 Å². The highest BCUT2D eigenvalue weighted by Gasteiger charge is 2.53. The number of alkyl halides is 3. The van der Waals surface area contributed by atoms with Gasteiger partial charge in [0.2, 0.25) is 0 Å². The maximum absolute atomic E-state index is 13.8. The number of carbonyl (C=O) groups excluding carboxylic acids is 1. The van der Waals surface area contributed by atoms with Crippen molar-refractivity contribution in [3.8, 4) is 0 Å². The highest BCUT2D eigenvalue weighted by molar-refractivity contribution is 6.04. The number of aliphatic hydroxyl groups is 1. The molecule has 0 saturated carbocycles. The Morgan fingerprint density at radius 2 is 1.80 bits per heavy atom. The largest absolute Gasteiger partial charge is 0.416 e. The third-order valence-corrected chi connectivity index (χ3v) is 6.13. The lowest BCUT2D eigenvalue weighted by molar-refractivity contribution is -0.282. The number of hydrogen-bond acceptors (Lipinski definition) is 4. The Kier molecular flexibility index (Phi) is 5.62. The number of nitrogens with one attached hydrogen (secondary N) is 1. The molecule has 35 heavy (non-hydrogen) atoms. The van der Waals surface area contributed by atoms with Gasteiger partial charge in [-0.3, -0.25) is 4.79 Å². The Balaban J connectivity index is 1.53. The first-order valence-corrected chi connectivity index (χ1v) is 10.7. The second-order valence-electron chi connectivity index (χ2n) is 8.28. The SMILES string of the molecule is O=C1Nc2ccc([C@@H](O)c3ccccc3C(F)(F)F)cc2[C@]12OCCC(c1ccc(F)c(F)c1)O2. The summed E-state index contributed by atoms with van der Waals surface area (Å²) < 4.78 is 79.3. The third kappa shape index (κ3) is 3.97. The molecule has 1 saturated heterocycles. The van der Waals surface area contributed by atoms with Crippen molar-refractivity contribution in [2.75, 3.05) is 11.9 Å². The summed E-state index contributed by atoms with van der Waals surface area (Å²) in [5, 5.41) is 13.4. The molecule has 0 bridgehead atoms. The monoisotopic (exact) mass is 491 g/mol. The summed E-state index contributed by atoms with van der Waals surface area (Å²) >= 11 is 0. The standard InChI is InChI=1S/C25H18F5NO4/c26-18-7-5-13(12-19(18)27)21-9-10-34-24(35-21)17-11-14(6-8-20(17)31-23(24)33)22(32)15-3-1-2-4-16(15)25(28,29)30/h1-8,11-12,21-22,32H,9-10H2,(H,31,33)/t21?,22-,24-/m1/s1. The minimum Gasteiger partial charge on any atom is -0.384 e. The van der Waals surface area contributed by atoms with Crippen molar-refractivity contribution >= 4 is 11.6 Å². The number of aliphatic hydroxyl groups excluding tert-OH is 1. The van der Waals surface area contributed by atoms with Crippen molar-refractivity contribution in [2.45, 2.75) is 30.6 Å². The van der Waals surface area contributed by atoms with Crippen molar-refractivity contribution in [1.29, 1.82) is 0 Å². The topological polar surface area (TPSA) is 67.8 Å². The summed E-state index contributed by atoms with van der Waals surface area (Å²) in [4.78, 5) is 12.9. The predicted octanol–water partition coefficient (Wildman–Crippen LogP) is 5.35. The van der Waals surface area contributed by atoms with E-state index in [4.69, 9.17) is 9.47 Å². The molecule has 3 aromatic carbocycles. The van der Waals surface area contributed by atoms with Crippen LogP contribution in [-0.2, 0) is 26.2 Å². The molecule has 182 valence electrons. The van der Waals surface area contributed by atoms with Crippen LogP contribution in [0.2, 0.25) is 0 Å². The smallest absolute Gasteiger partial charge is 0.384 e. The van der Waals surface area contributed by atoms with Crippen LogP contribution in [0.15, 0.2) is 60.7 Å². The van der Waals surface area contributed by atoms with Gasteiger partial charge in [-0.1, -0.05) is 30.3 Å². The molecule has 3 atom stereocenters. The minimum atomic E-state index is -4.68. The van der Waals surface area contributed by atoms with Crippen LogP contribution in [0.4, 0.5) is 27.6 Å². The van der Waals surface area contributed by atoms with Gasteiger partial charge < -0.3 is 19.9 Å². The average Bonchev–Trinajstić information content (AvgIpc) is 3.10. The molecule has 0 aliphatic carbocycles. The van der Waals surface area contributed by atoms with E-state index in [1.165, 1.54) is 42.5 Å². The number of halogens is 5. The normalized spacial score (nSPS) is 22.7. The van der Waals surface area contributed by atoms with E-state index in [2.05, 4.69) is 5.32 Å². The maximum Gasteiger partial charge on any atom is 0.416 e. The van der Waals surface area contributed by atoms with Gasteiger partial charge in [-0.25, -0.2) is 8.78 Å². The van der Waals surface area contributed by atoms with Crippen molar-refractivity contribution in [1.82, 2.24) is 0 Å². The zero-order valence-electron chi connectivity index (χ0n) is 17.9. The molecule has 0 radical (unpaired) electrons. The van der Waals surface area contributed by atoms with E-state index in [-0.39, 0.29) is 29.7 Å². The average molecular weight is 491 g/mol. The molecule has 2 N–H and O–H groups in total. The van der Waals surface area contributed by atoms with Crippen LogP contribution in [-0.4, -0.2) is 17.6 Å². The van der Waals surface area contributed by atoms with E-state index in [9.17, 15) is 31.9 Å². The Morgan fingerprint density at radius 3 is 2.54 bits per heavy atom. The molecule has 2 aliphatic heterocycles. The second kappa shape index (κ2) is 8.40. The number of hydrogen-bond donors (Lipinski definition) is 2. The molecule has 5 nitrogen and oxygen atoms in total.